The van der Waals surface area contributed by atoms with E-state index in [4.69, 9.17) is 5.84 Å². The van der Waals surface area contributed by atoms with Crippen LogP contribution >= 0.6 is 0 Å². The molecule has 0 aromatic heterocycles. The quantitative estimate of drug-likeness (QED) is 0.269. The molecule has 0 aliphatic carbocycles. The second kappa shape index (κ2) is 4.51. The molecule has 0 aromatic rings. The van der Waals surface area contributed by atoms with Gasteiger partial charge in [-0.25, -0.2) is 10.8 Å². The van der Waals surface area contributed by atoms with E-state index in [1.54, 1.807) is 13.1 Å². The first-order valence-corrected chi connectivity index (χ1v) is 3.98. The molecule has 13 heavy (non-hydrogen) atoms. The Morgan fingerprint density at radius 3 is 3.23 bits per heavy atom. The van der Waals surface area contributed by atoms with Crippen LogP contribution in [0.5, 0.6) is 0 Å². The molecule has 1 rings (SSSR count). The highest BCUT2D eigenvalue weighted by atomic mass is 16.1. The van der Waals surface area contributed by atoms with Gasteiger partial charge in [0, 0.05) is 13.5 Å². The molecule has 70 valence electrons. The van der Waals surface area contributed by atoms with Crippen molar-refractivity contribution in [2.24, 2.45) is 15.8 Å². The molecule has 0 spiro atoms. The molecule has 0 aromatic carbocycles. The van der Waals surface area contributed by atoms with Crippen molar-refractivity contribution in [2.75, 3.05) is 7.05 Å². The standard InChI is InChI=1S/C8H12N4O/c1-12(9)6-10-7-4-2-3-5-8(13)11-7/h2,4,6H,3,5,9H2,1H3. The van der Waals surface area contributed by atoms with Crippen LogP contribution in [0.1, 0.15) is 12.8 Å². The van der Waals surface area contributed by atoms with Gasteiger partial charge in [-0.05, 0) is 12.5 Å². The van der Waals surface area contributed by atoms with E-state index in [2.05, 4.69) is 9.98 Å². The van der Waals surface area contributed by atoms with Gasteiger partial charge < -0.3 is 5.01 Å². The summed E-state index contributed by atoms with van der Waals surface area (Å²) in [4.78, 5) is 18.7. The van der Waals surface area contributed by atoms with Crippen molar-refractivity contribution in [3.63, 3.8) is 0 Å². The zero-order valence-corrected chi connectivity index (χ0v) is 7.47. The van der Waals surface area contributed by atoms with Crippen molar-refractivity contribution in [1.82, 2.24) is 5.01 Å². The Morgan fingerprint density at radius 1 is 1.77 bits per heavy atom. The molecule has 0 unspecified atom stereocenters. The van der Waals surface area contributed by atoms with Gasteiger partial charge in [0.25, 0.3) is 0 Å². The maximum absolute atomic E-state index is 11.0. The maximum atomic E-state index is 11.0. The number of allylic oxidation sites excluding steroid dienone is 1. The van der Waals surface area contributed by atoms with Gasteiger partial charge in [-0.1, -0.05) is 6.08 Å². The molecular weight excluding hydrogens is 168 g/mol. The molecule has 5 heteroatoms. The number of nitrogens with zero attached hydrogens (tertiary/aromatic N) is 3. The van der Waals surface area contributed by atoms with E-state index in [1.807, 2.05) is 6.08 Å². The second-order valence-corrected chi connectivity index (χ2v) is 2.71. The van der Waals surface area contributed by atoms with E-state index in [-0.39, 0.29) is 5.91 Å². The number of hydrazine groups is 1. The van der Waals surface area contributed by atoms with Gasteiger partial charge in [0.1, 0.15) is 6.34 Å². The molecule has 0 fully saturated rings. The summed E-state index contributed by atoms with van der Waals surface area (Å²) in [5.74, 6) is 5.56. The summed E-state index contributed by atoms with van der Waals surface area (Å²) in [5, 5.41) is 1.30. The smallest absolute Gasteiger partial charge is 0.248 e. The third-order valence-electron chi connectivity index (χ3n) is 1.40. The molecule has 0 saturated heterocycles. The normalized spacial score (nSPS) is 17.4. The van der Waals surface area contributed by atoms with Crippen LogP contribution in [0.25, 0.3) is 0 Å². The predicted molar refractivity (Wildman–Crippen MR) is 51.3 cm³/mol. The lowest BCUT2D eigenvalue weighted by Crippen LogP contribution is -2.24. The van der Waals surface area contributed by atoms with Crippen LogP contribution in [0.2, 0.25) is 0 Å². The number of aliphatic imine (C=N–C) groups is 2. The number of hydrogen-bond acceptors (Lipinski definition) is 3. The molecule has 5 nitrogen and oxygen atoms in total. The Bertz CT molecular complexity index is 278. The first-order valence-electron chi connectivity index (χ1n) is 3.98. The Labute approximate surface area is 76.6 Å². The van der Waals surface area contributed by atoms with Crippen LogP contribution in [0.3, 0.4) is 0 Å². The van der Waals surface area contributed by atoms with Crippen LogP contribution in [-0.2, 0) is 4.79 Å². The van der Waals surface area contributed by atoms with Crippen molar-refractivity contribution in [2.45, 2.75) is 12.8 Å². The zero-order valence-electron chi connectivity index (χ0n) is 7.47. The van der Waals surface area contributed by atoms with Crippen molar-refractivity contribution in [1.29, 1.82) is 0 Å². The van der Waals surface area contributed by atoms with E-state index in [1.165, 1.54) is 11.3 Å². The van der Waals surface area contributed by atoms with Crippen LogP contribution < -0.4 is 5.84 Å². The summed E-state index contributed by atoms with van der Waals surface area (Å²) in [7, 11) is 1.65. The van der Waals surface area contributed by atoms with Gasteiger partial charge in [-0.15, -0.1) is 0 Å². The summed E-state index contributed by atoms with van der Waals surface area (Å²) in [6.07, 6.45) is 6.16. The summed E-state index contributed by atoms with van der Waals surface area (Å²) in [6, 6.07) is 0. The Kier molecular flexibility index (Phi) is 3.33. The fraction of sp³-hybridized carbons (Fsp3) is 0.375. The topological polar surface area (TPSA) is 71.0 Å². The molecule has 1 aliphatic heterocycles. The first kappa shape index (κ1) is 9.60. The molecule has 0 saturated carbocycles. The van der Waals surface area contributed by atoms with E-state index >= 15 is 0 Å². The van der Waals surface area contributed by atoms with Crippen molar-refractivity contribution in [3.05, 3.63) is 12.2 Å². The summed E-state index contributed by atoms with van der Waals surface area (Å²) < 4.78 is 0. The van der Waals surface area contributed by atoms with Gasteiger partial charge in [0.2, 0.25) is 5.91 Å². The first-order chi connectivity index (χ1) is 6.18. The highest BCUT2D eigenvalue weighted by Gasteiger charge is 2.03. The average Bonchev–Trinajstić information content (AvgIpc) is 2.26. The number of carbonyl (C=O) groups is 1. The minimum Gasteiger partial charge on any atom is -0.304 e. The SMILES string of the molecule is CN(N)C=NC1=NC(=O)CCC=C1. The van der Waals surface area contributed by atoms with Crippen LogP contribution in [-0.4, -0.2) is 30.1 Å². The fourth-order valence-corrected chi connectivity index (χ4v) is 0.839. The Hall–Kier alpha value is -1.49. The highest BCUT2D eigenvalue weighted by molar-refractivity contribution is 6.04. The number of nitrogens with two attached hydrogens (primary N) is 1. The lowest BCUT2D eigenvalue weighted by Gasteiger charge is -2.00. The summed E-state index contributed by atoms with van der Waals surface area (Å²) >= 11 is 0. The van der Waals surface area contributed by atoms with Crippen molar-refractivity contribution < 1.29 is 4.79 Å². The van der Waals surface area contributed by atoms with Gasteiger partial charge in [0.15, 0.2) is 5.84 Å². The van der Waals surface area contributed by atoms with Crippen LogP contribution in [0.15, 0.2) is 22.1 Å². The fourth-order valence-electron chi connectivity index (χ4n) is 0.839. The second-order valence-electron chi connectivity index (χ2n) is 2.71. The van der Waals surface area contributed by atoms with Gasteiger partial charge in [-0.2, -0.15) is 4.99 Å². The maximum Gasteiger partial charge on any atom is 0.248 e. The number of rotatable bonds is 1. The van der Waals surface area contributed by atoms with Crippen LogP contribution in [0.4, 0.5) is 0 Å². The van der Waals surface area contributed by atoms with E-state index in [0.717, 1.165) is 6.42 Å². The summed E-state index contributed by atoms with van der Waals surface area (Å²) in [5.41, 5.74) is 0. The third-order valence-corrected chi connectivity index (χ3v) is 1.40. The highest BCUT2D eigenvalue weighted by Crippen LogP contribution is 2.01. The lowest BCUT2D eigenvalue weighted by molar-refractivity contribution is -0.117. The zero-order chi connectivity index (χ0) is 9.68. The molecule has 0 atom stereocenters. The molecule has 2 N–H and O–H groups in total. The third kappa shape index (κ3) is 3.62. The predicted octanol–water partition coefficient (Wildman–Crippen LogP) is 0.0953. The van der Waals surface area contributed by atoms with Gasteiger partial charge in [-0.3, -0.25) is 4.79 Å². The largest absolute Gasteiger partial charge is 0.304 e. The molecule has 1 heterocycles. The Balaban J connectivity index is 2.70. The summed E-state index contributed by atoms with van der Waals surface area (Å²) in [6.45, 7) is 0. The monoisotopic (exact) mass is 180 g/mol. The number of hydrogen-bond donors (Lipinski definition) is 1. The molecule has 0 bridgehead atoms. The van der Waals surface area contributed by atoms with E-state index in [9.17, 15) is 4.79 Å². The van der Waals surface area contributed by atoms with Crippen molar-refractivity contribution >= 4 is 18.1 Å². The van der Waals surface area contributed by atoms with Crippen molar-refractivity contribution in [3.8, 4) is 0 Å². The van der Waals surface area contributed by atoms with E-state index < -0.39 is 0 Å². The number of amidine groups is 1. The lowest BCUT2D eigenvalue weighted by atomic mass is 10.3. The van der Waals surface area contributed by atoms with Gasteiger partial charge >= 0.3 is 0 Å². The minimum absolute atomic E-state index is 0.142. The molecule has 0 radical (unpaired) electrons. The van der Waals surface area contributed by atoms with E-state index in [0.29, 0.717) is 12.3 Å². The number of carbonyl (C=O) groups excluding carboxylic acids is 1. The Morgan fingerprint density at radius 2 is 2.54 bits per heavy atom. The van der Waals surface area contributed by atoms with Gasteiger partial charge in [0.05, 0.1) is 0 Å². The minimum atomic E-state index is -0.142. The average molecular weight is 180 g/mol. The number of amides is 1. The molecule has 1 aliphatic rings. The molecule has 1 amide bonds. The van der Waals surface area contributed by atoms with Crippen LogP contribution in [0, 0.1) is 0 Å². The molecular formula is C8H12N4O.